The molecule has 0 aliphatic heterocycles. The van der Waals surface area contributed by atoms with Gasteiger partial charge in [0.25, 0.3) is 5.56 Å². The molecule has 0 radical (unpaired) electrons. The fourth-order valence-electron chi connectivity index (χ4n) is 2.05. The first-order chi connectivity index (χ1) is 10.1. The minimum Gasteiger partial charge on any atom is -0.323 e. The van der Waals surface area contributed by atoms with Gasteiger partial charge < -0.3 is 15.6 Å². The number of hydrogen-bond donors (Lipinski definition) is 2. The van der Waals surface area contributed by atoms with Crippen LogP contribution in [0, 0.1) is 0 Å². The van der Waals surface area contributed by atoms with E-state index >= 15 is 0 Å². The van der Waals surface area contributed by atoms with Crippen LogP contribution < -0.4 is 16.6 Å². The zero-order chi connectivity index (χ0) is 15.2. The van der Waals surface area contributed by atoms with E-state index in [1.165, 1.54) is 10.6 Å². The van der Waals surface area contributed by atoms with Gasteiger partial charge in [0.2, 0.25) is 5.91 Å². The predicted octanol–water partition coefficient (Wildman–Crippen LogP) is 1.38. The number of aromatic nitrogens is 1. The van der Waals surface area contributed by atoms with Gasteiger partial charge in [0, 0.05) is 18.8 Å². The Morgan fingerprint density at radius 2 is 1.95 bits per heavy atom. The number of carbonyl (C=O) groups is 1. The fraction of sp³-hybridized carbons (Fsp3) is 0.250. The quantitative estimate of drug-likeness (QED) is 0.871. The second-order valence-corrected chi connectivity index (χ2v) is 4.83. The standard InChI is InChI=1S/C16H19N3O2/c1-2-19-11-13(8-9-15(19)20)18-16(21)14(17)10-12-6-4-3-5-7-12/h3-9,11,14H,2,10,17H2,1H3,(H,18,21)/t14-/m0/s1. The normalized spacial score (nSPS) is 11.9. The third-order valence-electron chi connectivity index (χ3n) is 3.23. The molecule has 1 aromatic carbocycles. The molecule has 110 valence electrons. The van der Waals surface area contributed by atoms with Crippen molar-refractivity contribution in [3.05, 3.63) is 64.6 Å². The minimum absolute atomic E-state index is 0.0934. The third-order valence-corrected chi connectivity index (χ3v) is 3.23. The molecule has 2 aromatic rings. The summed E-state index contributed by atoms with van der Waals surface area (Å²) < 4.78 is 1.53. The van der Waals surface area contributed by atoms with Crippen molar-refractivity contribution in [3.8, 4) is 0 Å². The number of rotatable bonds is 5. The van der Waals surface area contributed by atoms with Crippen LogP contribution in [0.5, 0.6) is 0 Å². The zero-order valence-electron chi connectivity index (χ0n) is 12.0. The van der Waals surface area contributed by atoms with Crippen LogP contribution in [0.3, 0.4) is 0 Å². The van der Waals surface area contributed by atoms with E-state index in [0.717, 1.165) is 5.56 Å². The Balaban J connectivity index is 2.02. The highest BCUT2D eigenvalue weighted by Gasteiger charge is 2.14. The summed E-state index contributed by atoms with van der Waals surface area (Å²) in [5.74, 6) is -0.264. The molecule has 1 heterocycles. The van der Waals surface area contributed by atoms with Crippen molar-refractivity contribution in [1.82, 2.24) is 4.57 Å². The molecule has 0 aliphatic rings. The van der Waals surface area contributed by atoms with E-state index in [9.17, 15) is 9.59 Å². The number of carbonyl (C=O) groups excluding carboxylic acids is 1. The molecule has 3 N–H and O–H groups in total. The first-order valence-corrected chi connectivity index (χ1v) is 6.91. The van der Waals surface area contributed by atoms with Crippen molar-refractivity contribution in [2.45, 2.75) is 25.9 Å². The molecule has 1 atom stereocenters. The molecule has 21 heavy (non-hydrogen) atoms. The van der Waals surface area contributed by atoms with Crippen molar-refractivity contribution in [1.29, 1.82) is 0 Å². The molecule has 1 aromatic heterocycles. The number of aryl methyl sites for hydroxylation is 1. The second kappa shape index (κ2) is 6.85. The molecule has 0 saturated carbocycles. The molecule has 5 heteroatoms. The second-order valence-electron chi connectivity index (χ2n) is 4.83. The van der Waals surface area contributed by atoms with Crippen LogP contribution in [-0.4, -0.2) is 16.5 Å². The van der Waals surface area contributed by atoms with E-state index in [4.69, 9.17) is 5.73 Å². The summed E-state index contributed by atoms with van der Waals surface area (Å²) in [5, 5.41) is 2.74. The summed E-state index contributed by atoms with van der Waals surface area (Å²) in [4.78, 5) is 23.6. The van der Waals surface area contributed by atoms with Gasteiger partial charge in [-0.05, 0) is 25.0 Å². The molecule has 0 fully saturated rings. The van der Waals surface area contributed by atoms with Gasteiger partial charge in [-0.1, -0.05) is 30.3 Å². The van der Waals surface area contributed by atoms with Gasteiger partial charge in [-0.3, -0.25) is 9.59 Å². The van der Waals surface area contributed by atoms with Crippen molar-refractivity contribution in [3.63, 3.8) is 0 Å². The number of nitrogens with one attached hydrogen (secondary N) is 1. The van der Waals surface area contributed by atoms with Crippen molar-refractivity contribution in [2.24, 2.45) is 5.73 Å². The number of nitrogens with two attached hydrogens (primary N) is 1. The van der Waals surface area contributed by atoms with Gasteiger partial charge in [-0.2, -0.15) is 0 Å². The van der Waals surface area contributed by atoms with E-state index in [1.54, 1.807) is 12.3 Å². The first kappa shape index (κ1) is 15.0. The summed E-state index contributed by atoms with van der Waals surface area (Å²) in [7, 11) is 0. The summed E-state index contributed by atoms with van der Waals surface area (Å²) in [6, 6.07) is 12.0. The Morgan fingerprint density at radius 1 is 1.24 bits per heavy atom. The van der Waals surface area contributed by atoms with Crippen LogP contribution in [0.15, 0.2) is 53.5 Å². The molecule has 0 saturated heterocycles. The summed E-state index contributed by atoms with van der Waals surface area (Å²) in [5.41, 5.74) is 7.41. The van der Waals surface area contributed by atoms with Gasteiger partial charge >= 0.3 is 0 Å². The van der Waals surface area contributed by atoms with E-state index < -0.39 is 6.04 Å². The van der Waals surface area contributed by atoms with Crippen LogP contribution in [0.1, 0.15) is 12.5 Å². The predicted molar refractivity (Wildman–Crippen MR) is 83.1 cm³/mol. The van der Waals surface area contributed by atoms with Crippen LogP contribution >= 0.6 is 0 Å². The summed E-state index contributed by atoms with van der Waals surface area (Å²) in [6.07, 6.45) is 2.09. The van der Waals surface area contributed by atoms with Gasteiger partial charge in [0.05, 0.1) is 11.7 Å². The number of amides is 1. The molecular formula is C16H19N3O2. The maximum atomic E-state index is 12.1. The van der Waals surface area contributed by atoms with E-state index in [2.05, 4.69) is 5.32 Å². The Hall–Kier alpha value is -2.40. The molecule has 2 rings (SSSR count). The first-order valence-electron chi connectivity index (χ1n) is 6.91. The van der Waals surface area contributed by atoms with E-state index in [-0.39, 0.29) is 11.5 Å². The fourth-order valence-corrected chi connectivity index (χ4v) is 2.05. The molecule has 0 unspecified atom stereocenters. The Labute approximate surface area is 123 Å². The molecule has 0 bridgehead atoms. The maximum absolute atomic E-state index is 12.1. The molecule has 0 aliphatic carbocycles. The topological polar surface area (TPSA) is 77.1 Å². The van der Waals surface area contributed by atoms with Crippen molar-refractivity contribution < 1.29 is 4.79 Å². The largest absolute Gasteiger partial charge is 0.323 e. The minimum atomic E-state index is -0.630. The molecular weight excluding hydrogens is 266 g/mol. The number of pyridine rings is 1. The number of anilines is 1. The Bertz CT molecular complexity index is 665. The van der Waals surface area contributed by atoms with Gasteiger partial charge in [-0.25, -0.2) is 0 Å². The molecule has 0 spiro atoms. The summed E-state index contributed by atoms with van der Waals surface area (Å²) in [6.45, 7) is 2.42. The highest BCUT2D eigenvalue weighted by Crippen LogP contribution is 2.06. The van der Waals surface area contributed by atoms with E-state index in [1.807, 2.05) is 37.3 Å². The number of benzene rings is 1. The van der Waals surface area contributed by atoms with Crippen LogP contribution in [0.2, 0.25) is 0 Å². The molecule has 1 amide bonds. The number of hydrogen-bond acceptors (Lipinski definition) is 3. The van der Waals surface area contributed by atoms with Gasteiger partial charge in [0.15, 0.2) is 0 Å². The Morgan fingerprint density at radius 3 is 2.62 bits per heavy atom. The lowest BCUT2D eigenvalue weighted by Gasteiger charge is -2.13. The Kier molecular flexibility index (Phi) is 4.90. The van der Waals surface area contributed by atoms with Crippen molar-refractivity contribution >= 4 is 11.6 Å². The van der Waals surface area contributed by atoms with Crippen LogP contribution in [0.25, 0.3) is 0 Å². The summed E-state index contributed by atoms with van der Waals surface area (Å²) >= 11 is 0. The van der Waals surface area contributed by atoms with E-state index in [0.29, 0.717) is 18.7 Å². The maximum Gasteiger partial charge on any atom is 0.250 e. The highest BCUT2D eigenvalue weighted by molar-refractivity contribution is 5.94. The van der Waals surface area contributed by atoms with Crippen LogP contribution in [0.4, 0.5) is 5.69 Å². The van der Waals surface area contributed by atoms with Gasteiger partial charge in [-0.15, -0.1) is 0 Å². The average molecular weight is 285 g/mol. The lowest BCUT2D eigenvalue weighted by atomic mass is 10.1. The monoisotopic (exact) mass is 285 g/mol. The SMILES string of the molecule is CCn1cc(NC(=O)[C@@H](N)Cc2ccccc2)ccc1=O. The third kappa shape index (κ3) is 4.03. The number of nitrogens with zero attached hydrogens (tertiary/aromatic N) is 1. The average Bonchev–Trinajstić information content (AvgIpc) is 2.50. The van der Waals surface area contributed by atoms with Crippen LogP contribution in [-0.2, 0) is 17.8 Å². The highest BCUT2D eigenvalue weighted by atomic mass is 16.2. The zero-order valence-corrected chi connectivity index (χ0v) is 12.0. The van der Waals surface area contributed by atoms with Crippen molar-refractivity contribution in [2.75, 3.05) is 5.32 Å². The smallest absolute Gasteiger partial charge is 0.250 e. The van der Waals surface area contributed by atoms with Gasteiger partial charge in [0.1, 0.15) is 0 Å². The lowest BCUT2D eigenvalue weighted by molar-refractivity contribution is -0.117. The lowest BCUT2D eigenvalue weighted by Crippen LogP contribution is -2.37. The molecule has 5 nitrogen and oxygen atoms in total.